The molecule has 0 saturated heterocycles. The molecule has 0 aromatic carbocycles. The average Bonchev–Trinajstić information content (AvgIpc) is 2.29. The normalized spacial score (nSPS) is 12.5. The highest BCUT2D eigenvalue weighted by molar-refractivity contribution is 5.81. The molecule has 0 aliphatic rings. The zero-order chi connectivity index (χ0) is 13.3. The van der Waals surface area contributed by atoms with Crippen LogP contribution in [0.5, 0.6) is 0 Å². The van der Waals surface area contributed by atoms with Crippen LogP contribution in [-0.2, 0) is 14.3 Å². The van der Waals surface area contributed by atoms with Gasteiger partial charge >= 0.3 is 5.97 Å². The summed E-state index contributed by atoms with van der Waals surface area (Å²) < 4.78 is 4.83. The topological polar surface area (TPSA) is 78.9 Å². The van der Waals surface area contributed by atoms with E-state index >= 15 is 0 Å². The smallest absolute Gasteiger partial charge is 0.304 e. The minimum absolute atomic E-state index is 0.0452. The van der Waals surface area contributed by atoms with Crippen LogP contribution in [0.3, 0.4) is 0 Å². The van der Waals surface area contributed by atoms with E-state index in [1.54, 1.807) is 14.0 Å². The number of nitrogens with one attached hydrogen (secondary N) is 1. The number of hydrogen-bond acceptors (Lipinski definition) is 4. The van der Waals surface area contributed by atoms with Crippen LogP contribution in [0.25, 0.3) is 0 Å². The van der Waals surface area contributed by atoms with Gasteiger partial charge < -0.3 is 15.2 Å². The molecule has 1 atom stereocenters. The lowest BCUT2D eigenvalue weighted by Gasteiger charge is -2.26. The van der Waals surface area contributed by atoms with Crippen molar-refractivity contribution in [2.24, 2.45) is 0 Å². The van der Waals surface area contributed by atoms with Crippen LogP contribution in [0.1, 0.15) is 20.3 Å². The summed E-state index contributed by atoms with van der Waals surface area (Å²) in [5, 5.41) is 11.3. The molecule has 100 valence electrons. The van der Waals surface area contributed by atoms with Gasteiger partial charge in [0.1, 0.15) is 0 Å². The first-order valence-electron chi connectivity index (χ1n) is 5.75. The number of aliphatic carboxylic acids is 1. The van der Waals surface area contributed by atoms with Crippen molar-refractivity contribution in [1.82, 2.24) is 10.2 Å². The van der Waals surface area contributed by atoms with E-state index in [0.29, 0.717) is 26.2 Å². The number of methoxy groups -OCH3 is 1. The van der Waals surface area contributed by atoms with Crippen LogP contribution in [0.4, 0.5) is 0 Å². The number of carbonyl (C=O) groups is 2. The average molecular weight is 246 g/mol. The summed E-state index contributed by atoms with van der Waals surface area (Å²) in [5.74, 6) is -0.954. The second-order valence-electron chi connectivity index (χ2n) is 3.73. The molecule has 1 amide bonds. The second kappa shape index (κ2) is 8.95. The number of carboxylic acid groups (broad SMARTS) is 1. The Morgan fingerprint density at radius 2 is 2.12 bits per heavy atom. The monoisotopic (exact) mass is 246 g/mol. The quantitative estimate of drug-likeness (QED) is 0.557. The third-order valence-corrected chi connectivity index (χ3v) is 2.55. The maximum absolute atomic E-state index is 11.7. The Balaban J connectivity index is 4.08. The number of rotatable bonds is 9. The predicted molar refractivity (Wildman–Crippen MR) is 63.8 cm³/mol. The van der Waals surface area contributed by atoms with Crippen molar-refractivity contribution < 1.29 is 19.4 Å². The van der Waals surface area contributed by atoms with E-state index < -0.39 is 5.97 Å². The molecule has 6 nitrogen and oxygen atoms in total. The largest absolute Gasteiger partial charge is 0.481 e. The fourth-order valence-electron chi connectivity index (χ4n) is 1.45. The summed E-state index contributed by atoms with van der Waals surface area (Å²) >= 11 is 0. The summed E-state index contributed by atoms with van der Waals surface area (Å²) in [7, 11) is 1.57. The molecule has 0 radical (unpaired) electrons. The van der Waals surface area contributed by atoms with Crippen LogP contribution < -0.4 is 5.32 Å². The predicted octanol–water partition coefficient (Wildman–Crippen LogP) is -0.0659. The Bertz CT molecular complexity index is 246. The van der Waals surface area contributed by atoms with Crippen LogP contribution in [-0.4, -0.2) is 61.3 Å². The number of likely N-dealkylation sites (N-methyl/N-ethyl adjacent to an activating group) is 1. The molecule has 0 bridgehead atoms. The zero-order valence-electron chi connectivity index (χ0n) is 10.7. The first-order chi connectivity index (χ1) is 8.02. The SMILES string of the molecule is CCN(CCC(=O)O)C(C)C(=O)NCCOC. The Labute approximate surface area is 102 Å². The summed E-state index contributed by atoms with van der Waals surface area (Å²) in [6, 6.07) is -0.323. The maximum Gasteiger partial charge on any atom is 0.304 e. The molecular formula is C11H22N2O4. The third kappa shape index (κ3) is 6.91. The van der Waals surface area contributed by atoms with Crippen LogP contribution >= 0.6 is 0 Å². The number of amides is 1. The molecule has 0 aliphatic carbocycles. The summed E-state index contributed by atoms with van der Waals surface area (Å²) in [4.78, 5) is 24.0. The molecule has 17 heavy (non-hydrogen) atoms. The van der Waals surface area contributed by atoms with E-state index in [2.05, 4.69) is 5.32 Å². The van der Waals surface area contributed by atoms with Crippen LogP contribution in [0.15, 0.2) is 0 Å². The molecule has 0 aromatic rings. The van der Waals surface area contributed by atoms with E-state index in [0.717, 1.165) is 0 Å². The van der Waals surface area contributed by atoms with Gasteiger partial charge in [-0.25, -0.2) is 0 Å². The molecular weight excluding hydrogens is 224 g/mol. The first-order valence-corrected chi connectivity index (χ1v) is 5.75. The van der Waals surface area contributed by atoms with Crippen LogP contribution in [0.2, 0.25) is 0 Å². The highest BCUT2D eigenvalue weighted by atomic mass is 16.5. The van der Waals surface area contributed by atoms with Crippen molar-refractivity contribution in [3.05, 3.63) is 0 Å². The minimum Gasteiger partial charge on any atom is -0.481 e. The van der Waals surface area contributed by atoms with Crippen molar-refractivity contribution in [3.63, 3.8) is 0 Å². The lowest BCUT2D eigenvalue weighted by Crippen LogP contribution is -2.46. The minimum atomic E-state index is -0.851. The van der Waals surface area contributed by atoms with Gasteiger partial charge in [-0.15, -0.1) is 0 Å². The van der Waals surface area contributed by atoms with Crippen molar-refractivity contribution in [2.75, 3.05) is 33.4 Å². The molecule has 0 aromatic heterocycles. The maximum atomic E-state index is 11.7. The molecule has 0 rings (SSSR count). The summed E-state index contributed by atoms with van der Waals surface area (Å²) in [5.41, 5.74) is 0. The molecule has 2 N–H and O–H groups in total. The Morgan fingerprint density at radius 1 is 1.47 bits per heavy atom. The fourth-order valence-corrected chi connectivity index (χ4v) is 1.45. The van der Waals surface area contributed by atoms with E-state index in [1.807, 2.05) is 11.8 Å². The van der Waals surface area contributed by atoms with E-state index in [1.165, 1.54) is 0 Å². The van der Waals surface area contributed by atoms with E-state index in [9.17, 15) is 9.59 Å². The van der Waals surface area contributed by atoms with E-state index in [-0.39, 0.29) is 18.4 Å². The van der Waals surface area contributed by atoms with Gasteiger partial charge in [-0.1, -0.05) is 6.92 Å². The number of ether oxygens (including phenoxy) is 1. The van der Waals surface area contributed by atoms with Gasteiger partial charge in [-0.3, -0.25) is 14.5 Å². The molecule has 6 heteroatoms. The van der Waals surface area contributed by atoms with Gasteiger partial charge in [0.15, 0.2) is 0 Å². The number of hydrogen-bond donors (Lipinski definition) is 2. The van der Waals surface area contributed by atoms with E-state index in [4.69, 9.17) is 9.84 Å². The molecule has 0 saturated carbocycles. The Hall–Kier alpha value is -1.14. The highest BCUT2D eigenvalue weighted by Crippen LogP contribution is 2.00. The first kappa shape index (κ1) is 15.9. The second-order valence-corrected chi connectivity index (χ2v) is 3.73. The van der Waals surface area contributed by atoms with Gasteiger partial charge in [0.25, 0.3) is 0 Å². The third-order valence-electron chi connectivity index (χ3n) is 2.55. The zero-order valence-corrected chi connectivity index (χ0v) is 10.7. The molecule has 0 aliphatic heterocycles. The fraction of sp³-hybridized carbons (Fsp3) is 0.818. The number of carbonyl (C=O) groups excluding carboxylic acids is 1. The summed E-state index contributed by atoms with van der Waals surface area (Å²) in [6.07, 6.45) is 0.0452. The number of carboxylic acids is 1. The Morgan fingerprint density at radius 3 is 2.59 bits per heavy atom. The van der Waals surface area contributed by atoms with Crippen LogP contribution in [0, 0.1) is 0 Å². The molecule has 0 heterocycles. The van der Waals surface area contributed by atoms with Gasteiger partial charge in [0.05, 0.1) is 19.1 Å². The van der Waals surface area contributed by atoms with Gasteiger partial charge in [-0.2, -0.15) is 0 Å². The molecule has 0 spiro atoms. The van der Waals surface area contributed by atoms with Gasteiger partial charge in [0.2, 0.25) is 5.91 Å². The Kier molecular flexibility index (Phi) is 8.35. The highest BCUT2D eigenvalue weighted by Gasteiger charge is 2.19. The van der Waals surface area contributed by atoms with Crippen molar-refractivity contribution in [2.45, 2.75) is 26.3 Å². The number of nitrogens with zero attached hydrogens (tertiary/aromatic N) is 1. The van der Waals surface area contributed by atoms with Crippen molar-refractivity contribution >= 4 is 11.9 Å². The van der Waals surface area contributed by atoms with Gasteiger partial charge in [0, 0.05) is 20.2 Å². The molecule has 0 fully saturated rings. The molecule has 1 unspecified atom stereocenters. The van der Waals surface area contributed by atoms with Crippen molar-refractivity contribution in [3.8, 4) is 0 Å². The van der Waals surface area contributed by atoms with Gasteiger partial charge in [-0.05, 0) is 13.5 Å². The summed E-state index contributed by atoms with van der Waals surface area (Å²) in [6.45, 7) is 5.64. The lowest BCUT2D eigenvalue weighted by molar-refractivity contribution is -0.138. The van der Waals surface area contributed by atoms with Crippen molar-refractivity contribution in [1.29, 1.82) is 0 Å². The standard InChI is InChI=1S/C11H22N2O4/c1-4-13(7-5-10(14)15)9(2)11(16)12-6-8-17-3/h9H,4-8H2,1-3H3,(H,12,16)(H,14,15). The lowest BCUT2D eigenvalue weighted by atomic mass is 10.2.